The van der Waals surface area contributed by atoms with Crippen LogP contribution in [0.5, 0.6) is 0 Å². The average molecular weight is 272 g/mol. The third kappa shape index (κ3) is 6.02. The molecule has 1 N–H and O–H groups in total. The number of nitrogens with zero attached hydrogens (tertiary/aromatic N) is 2. The Labute approximate surface area is 114 Å². The van der Waals surface area contributed by atoms with Gasteiger partial charge < -0.3 is 14.7 Å². The molecule has 1 rings (SSSR count). The van der Waals surface area contributed by atoms with Gasteiger partial charge in [-0.3, -0.25) is 14.5 Å². The Bertz CT molecular complexity index is 312. The number of hydrogen-bond acceptors (Lipinski definition) is 4. The number of carboxylic acid groups (broad SMARTS) is 1. The molecule has 6 heteroatoms. The molecule has 6 nitrogen and oxygen atoms in total. The van der Waals surface area contributed by atoms with Crippen LogP contribution in [0.25, 0.3) is 0 Å². The summed E-state index contributed by atoms with van der Waals surface area (Å²) < 4.78 is 5.59. The van der Waals surface area contributed by atoms with Gasteiger partial charge in [0.25, 0.3) is 0 Å². The molecule has 1 amide bonds. The van der Waals surface area contributed by atoms with Gasteiger partial charge in [0.15, 0.2) is 0 Å². The largest absolute Gasteiger partial charge is 0.481 e. The van der Waals surface area contributed by atoms with Crippen LogP contribution in [-0.2, 0) is 14.3 Å². The van der Waals surface area contributed by atoms with Crippen LogP contribution in [0.1, 0.15) is 26.7 Å². The molecule has 0 aromatic heterocycles. The molecule has 1 aliphatic rings. The fraction of sp³-hybridized carbons (Fsp3) is 0.846. The second-order valence-electron chi connectivity index (χ2n) is 5.29. The van der Waals surface area contributed by atoms with Crippen LogP contribution in [0.4, 0.5) is 0 Å². The SMILES string of the molecule is CC1CN(C(=O)CN(C)CCCC(=O)O)CC(C)O1. The van der Waals surface area contributed by atoms with Crippen molar-refractivity contribution in [3.05, 3.63) is 0 Å². The molecule has 1 saturated heterocycles. The van der Waals surface area contributed by atoms with E-state index in [2.05, 4.69) is 0 Å². The minimum Gasteiger partial charge on any atom is -0.481 e. The van der Waals surface area contributed by atoms with E-state index in [0.717, 1.165) is 0 Å². The molecule has 1 aliphatic heterocycles. The molecule has 0 aromatic carbocycles. The number of likely N-dealkylation sites (N-methyl/N-ethyl adjacent to an activating group) is 1. The van der Waals surface area contributed by atoms with Crippen LogP contribution in [0.2, 0.25) is 0 Å². The van der Waals surface area contributed by atoms with E-state index >= 15 is 0 Å². The average Bonchev–Trinajstić information content (AvgIpc) is 2.26. The second-order valence-corrected chi connectivity index (χ2v) is 5.29. The first-order valence-corrected chi connectivity index (χ1v) is 6.72. The predicted octanol–water partition coefficient (Wildman–Crippen LogP) is 0.419. The first kappa shape index (κ1) is 15.9. The first-order valence-electron chi connectivity index (χ1n) is 6.72. The van der Waals surface area contributed by atoms with Crippen molar-refractivity contribution in [3.63, 3.8) is 0 Å². The molecule has 1 fully saturated rings. The lowest BCUT2D eigenvalue weighted by molar-refractivity contribution is -0.144. The number of aliphatic carboxylic acids is 1. The number of ether oxygens (including phenoxy) is 1. The smallest absolute Gasteiger partial charge is 0.303 e. The van der Waals surface area contributed by atoms with Crippen molar-refractivity contribution in [1.29, 1.82) is 0 Å². The highest BCUT2D eigenvalue weighted by molar-refractivity contribution is 5.78. The van der Waals surface area contributed by atoms with Crippen molar-refractivity contribution >= 4 is 11.9 Å². The van der Waals surface area contributed by atoms with E-state index in [0.29, 0.717) is 32.6 Å². The zero-order valence-corrected chi connectivity index (χ0v) is 12.0. The van der Waals surface area contributed by atoms with Crippen molar-refractivity contribution in [3.8, 4) is 0 Å². The molecule has 0 radical (unpaired) electrons. The van der Waals surface area contributed by atoms with Crippen LogP contribution in [0.15, 0.2) is 0 Å². The van der Waals surface area contributed by atoms with Gasteiger partial charge >= 0.3 is 5.97 Å². The van der Waals surface area contributed by atoms with Gasteiger partial charge in [0, 0.05) is 19.5 Å². The molecule has 1 heterocycles. The van der Waals surface area contributed by atoms with Crippen LogP contribution in [0.3, 0.4) is 0 Å². The lowest BCUT2D eigenvalue weighted by atomic mass is 10.2. The standard InChI is InChI=1S/C13H24N2O4/c1-10-7-15(8-11(2)19-10)12(16)9-14(3)6-4-5-13(17)18/h10-11H,4-9H2,1-3H3,(H,17,18). The topological polar surface area (TPSA) is 70.1 Å². The normalized spacial score (nSPS) is 23.7. The minimum atomic E-state index is -0.796. The van der Waals surface area contributed by atoms with E-state index < -0.39 is 5.97 Å². The van der Waals surface area contributed by atoms with Gasteiger partial charge in [-0.1, -0.05) is 0 Å². The number of carbonyl (C=O) groups excluding carboxylic acids is 1. The van der Waals surface area contributed by atoms with Crippen molar-refractivity contribution in [2.75, 3.05) is 33.2 Å². The summed E-state index contributed by atoms with van der Waals surface area (Å²) in [5.41, 5.74) is 0. The molecule has 110 valence electrons. The summed E-state index contributed by atoms with van der Waals surface area (Å²) in [6.07, 6.45) is 0.856. The molecule has 0 aliphatic carbocycles. The van der Waals surface area contributed by atoms with E-state index in [1.165, 1.54) is 0 Å². The highest BCUT2D eigenvalue weighted by atomic mass is 16.5. The van der Waals surface area contributed by atoms with Crippen LogP contribution >= 0.6 is 0 Å². The zero-order valence-electron chi connectivity index (χ0n) is 12.0. The fourth-order valence-corrected chi connectivity index (χ4v) is 2.29. The van der Waals surface area contributed by atoms with E-state index in [1.54, 1.807) is 0 Å². The number of amides is 1. The summed E-state index contributed by atoms with van der Waals surface area (Å²) in [4.78, 5) is 26.2. The molecule has 0 bridgehead atoms. The molecule has 2 unspecified atom stereocenters. The van der Waals surface area contributed by atoms with Crippen molar-refractivity contribution in [2.45, 2.75) is 38.9 Å². The van der Waals surface area contributed by atoms with Gasteiger partial charge in [0.05, 0.1) is 18.8 Å². The summed E-state index contributed by atoms with van der Waals surface area (Å²) in [5.74, 6) is -0.713. The van der Waals surface area contributed by atoms with Gasteiger partial charge in [-0.2, -0.15) is 0 Å². The van der Waals surface area contributed by atoms with Crippen molar-refractivity contribution in [2.24, 2.45) is 0 Å². The first-order chi connectivity index (χ1) is 8.88. The number of carboxylic acids is 1. The Morgan fingerprint density at radius 1 is 1.32 bits per heavy atom. The molecule has 0 aromatic rings. The molecule has 0 saturated carbocycles. The van der Waals surface area contributed by atoms with Gasteiger partial charge in [-0.15, -0.1) is 0 Å². The quantitative estimate of drug-likeness (QED) is 0.759. The lowest BCUT2D eigenvalue weighted by Gasteiger charge is -2.36. The van der Waals surface area contributed by atoms with Gasteiger partial charge in [-0.25, -0.2) is 0 Å². The van der Waals surface area contributed by atoms with Crippen LogP contribution in [-0.4, -0.2) is 72.2 Å². The summed E-state index contributed by atoms with van der Waals surface area (Å²) in [6.45, 7) is 6.14. The summed E-state index contributed by atoms with van der Waals surface area (Å²) in [5, 5.41) is 8.56. The van der Waals surface area contributed by atoms with E-state index in [1.807, 2.05) is 30.7 Å². The molecular weight excluding hydrogens is 248 g/mol. The predicted molar refractivity (Wildman–Crippen MR) is 71.0 cm³/mol. The highest BCUT2D eigenvalue weighted by Crippen LogP contribution is 2.11. The maximum atomic E-state index is 12.1. The van der Waals surface area contributed by atoms with Gasteiger partial charge in [0.1, 0.15) is 0 Å². The summed E-state index contributed by atoms with van der Waals surface area (Å²) >= 11 is 0. The number of hydrogen-bond donors (Lipinski definition) is 1. The molecule has 2 atom stereocenters. The summed E-state index contributed by atoms with van der Waals surface area (Å²) in [6, 6.07) is 0. The monoisotopic (exact) mass is 272 g/mol. The van der Waals surface area contributed by atoms with Crippen molar-refractivity contribution in [1.82, 2.24) is 9.80 Å². The Morgan fingerprint density at radius 2 is 1.89 bits per heavy atom. The highest BCUT2D eigenvalue weighted by Gasteiger charge is 2.26. The fourth-order valence-electron chi connectivity index (χ4n) is 2.29. The van der Waals surface area contributed by atoms with E-state index in [9.17, 15) is 9.59 Å². The third-order valence-corrected chi connectivity index (χ3v) is 3.11. The maximum Gasteiger partial charge on any atom is 0.303 e. The van der Waals surface area contributed by atoms with Crippen LogP contribution < -0.4 is 0 Å². The number of carbonyl (C=O) groups is 2. The number of morpholine rings is 1. The Hall–Kier alpha value is -1.14. The number of rotatable bonds is 6. The Balaban J connectivity index is 2.31. The molecule has 19 heavy (non-hydrogen) atoms. The molecular formula is C13H24N2O4. The zero-order chi connectivity index (χ0) is 14.4. The van der Waals surface area contributed by atoms with Gasteiger partial charge in [0.2, 0.25) is 5.91 Å². The second kappa shape index (κ2) is 7.45. The Kier molecular flexibility index (Phi) is 6.24. The minimum absolute atomic E-state index is 0.0741. The lowest BCUT2D eigenvalue weighted by Crippen LogP contribution is -2.50. The summed E-state index contributed by atoms with van der Waals surface area (Å²) in [7, 11) is 1.84. The molecule has 0 spiro atoms. The van der Waals surface area contributed by atoms with E-state index in [4.69, 9.17) is 9.84 Å². The van der Waals surface area contributed by atoms with Gasteiger partial charge in [-0.05, 0) is 33.9 Å². The van der Waals surface area contributed by atoms with Crippen molar-refractivity contribution < 1.29 is 19.4 Å². The van der Waals surface area contributed by atoms with Crippen LogP contribution in [0, 0.1) is 0 Å². The Morgan fingerprint density at radius 3 is 2.42 bits per heavy atom. The maximum absolute atomic E-state index is 12.1. The van der Waals surface area contributed by atoms with E-state index in [-0.39, 0.29) is 24.5 Å². The third-order valence-electron chi connectivity index (χ3n) is 3.11.